The molecule has 1 unspecified atom stereocenters. The van der Waals surface area contributed by atoms with Crippen LogP contribution in [0.25, 0.3) is 0 Å². The van der Waals surface area contributed by atoms with Crippen molar-refractivity contribution in [1.82, 2.24) is 0 Å². The predicted octanol–water partition coefficient (Wildman–Crippen LogP) is 5.79. The molecule has 0 amide bonds. The lowest BCUT2D eigenvalue weighted by molar-refractivity contribution is -0.138. The molecule has 0 radical (unpaired) electrons. The summed E-state index contributed by atoms with van der Waals surface area (Å²) >= 11 is 21.4. The van der Waals surface area contributed by atoms with E-state index < -0.39 is 26.2 Å². The highest BCUT2D eigenvalue weighted by atomic mass is 80.0. The molecule has 0 saturated carbocycles. The summed E-state index contributed by atoms with van der Waals surface area (Å²) in [6.07, 6.45) is 1.73. The molecule has 0 aromatic heterocycles. The quantitative estimate of drug-likeness (QED) is 0.0936. The molecule has 1 atom stereocenters. The molecular weight excluding hydrogens is 732 g/mol. The second-order valence-electron chi connectivity index (χ2n) is 4.55. The zero-order valence-electron chi connectivity index (χ0n) is 12.0. The third kappa shape index (κ3) is 9.39. The molecule has 0 aromatic carbocycles. The van der Waals surface area contributed by atoms with E-state index in [0.29, 0.717) is 11.6 Å². The monoisotopic (exact) mass is 740 g/mol. The summed E-state index contributed by atoms with van der Waals surface area (Å²) in [5.41, 5.74) is 0. The van der Waals surface area contributed by atoms with E-state index in [4.69, 9.17) is 9.16 Å². The Morgan fingerprint density at radius 2 is 1.83 bits per heavy atom. The van der Waals surface area contributed by atoms with Crippen LogP contribution in [0.15, 0.2) is 24.4 Å². The summed E-state index contributed by atoms with van der Waals surface area (Å²) in [6, 6.07) is 0. The van der Waals surface area contributed by atoms with E-state index in [-0.39, 0.29) is 13.0 Å². The lowest BCUT2D eigenvalue weighted by atomic mass is 10.2. The molecule has 132 valence electrons. The molecule has 4 nitrogen and oxygen atoms in total. The number of alkyl halides is 3. The largest absolute Gasteiger partial charge is 0.535 e. The standard InChI is InChI=1S/C11H14Br6O4Si2/c1-4-9(18)20-6-5-10(12,21-22(19)8(2)3)7-11(13,14)23(15,16)17/h4H,1-2,5-7H2,3H3. The van der Waals surface area contributed by atoms with E-state index in [1.54, 1.807) is 6.92 Å². The maximum atomic E-state index is 12.1. The van der Waals surface area contributed by atoms with E-state index in [1.807, 2.05) is 0 Å². The molecule has 0 aliphatic carbocycles. The molecule has 0 saturated heterocycles. The first kappa shape index (κ1) is 24.9. The normalized spacial score (nSPS) is 14.6. The van der Waals surface area contributed by atoms with E-state index in [1.165, 1.54) is 0 Å². The van der Waals surface area contributed by atoms with E-state index in [2.05, 4.69) is 107 Å². The highest BCUT2D eigenvalue weighted by Crippen LogP contribution is 2.54. The summed E-state index contributed by atoms with van der Waals surface area (Å²) < 4.78 is 19.0. The Bertz CT molecular complexity index is 493. The van der Waals surface area contributed by atoms with Gasteiger partial charge in [-0.2, -0.15) is 0 Å². The minimum absolute atomic E-state index is 0.0823. The molecule has 0 aromatic rings. The molecule has 0 N–H and O–H groups in total. The molecule has 0 spiro atoms. The van der Waals surface area contributed by atoms with Crippen LogP contribution in [0.3, 0.4) is 0 Å². The van der Waals surface area contributed by atoms with Gasteiger partial charge in [0.05, 0.1) is 6.61 Å². The highest BCUT2D eigenvalue weighted by Gasteiger charge is 2.51. The summed E-state index contributed by atoms with van der Waals surface area (Å²) in [4.78, 5) is 11.2. The van der Waals surface area contributed by atoms with Crippen LogP contribution >= 0.6 is 93.7 Å². The van der Waals surface area contributed by atoms with E-state index in [0.717, 1.165) is 6.08 Å². The van der Waals surface area contributed by atoms with Crippen LogP contribution in [0.5, 0.6) is 0 Å². The number of hydrogen-bond donors (Lipinski definition) is 0. The van der Waals surface area contributed by atoms with Gasteiger partial charge in [-0.05, 0) is 22.9 Å². The van der Waals surface area contributed by atoms with Crippen LogP contribution in [0.4, 0.5) is 0 Å². The van der Waals surface area contributed by atoms with Gasteiger partial charge in [0.2, 0.25) is 0 Å². The van der Waals surface area contributed by atoms with Gasteiger partial charge in [-0.25, -0.2) is 4.79 Å². The van der Waals surface area contributed by atoms with Gasteiger partial charge in [0.1, 0.15) is 2.86 Å². The first-order valence-electron chi connectivity index (χ1n) is 6.05. The number of allylic oxidation sites excluding steroid dienone is 1. The minimum Gasteiger partial charge on any atom is -0.506 e. The first-order chi connectivity index (χ1) is 10.2. The van der Waals surface area contributed by atoms with Crippen molar-refractivity contribution in [1.29, 1.82) is 0 Å². The van der Waals surface area contributed by atoms with Crippen molar-refractivity contribution in [3.63, 3.8) is 0 Å². The van der Waals surface area contributed by atoms with Gasteiger partial charge in [-0.1, -0.05) is 90.9 Å². The van der Waals surface area contributed by atoms with Crippen LogP contribution in [0.1, 0.15) is 19.8 Å². The van der Waals surface area contributed by atoms with Crippen LogP contribution in [0.2, 0.25) is 0 Å². The Morgan fingerprint density at radius 1 is 1.30 bits per heavy atom. The van der Waals surface area contributed by atoms with Crippen LogP contribution in [-0.2, 0) is 18.4 Å². The zero-order valence-corrected chi connectivity index (χ0v) is 23.5. The lowest BCUT2D eigenvalue weighted by Gasteiger charge is -2.37. The van der Waals surface area contributed by atoms with E-state index >= 15 is 0 Å². The Morgan fingerprint density at radius 3 is 2.22 bits per heavy atom. The van der Waals surface area contributed by atoms with Crippen molar-refractivity contribution in [2.24, 2.45) is 0 Å². The van der Waals surface area contributed by atoms with Gasteiger partial charge in [-0.15, -0.1) is 0 Å². The number of esters is 1. The average molecular weight is 746 g/mol. The molecule has 12 heteroatoms. The number of carbonyl (C=O) groups is 1. The molecule has 0 aliphatic heterocycles. The van der Waals surface area contributed by atoms with Crippen molar-refractivity contribution >= 4 is 112 Å². The molecule has 0 bridgehead atoms. The summed E-state index contributed by atoms with van der Waals surface area (Å²) in [6.45, 7) is 8.71. The zero-order chi connectivity index (χ0) is 18.5. The first-order valence-corrected chi connectivity index (χ1v) is 18.5. The van der Waals surface area contributed by atoms with Crippen LogP contribution in [-0.4, -0.2) is 32.8 Å². The number of hydrogen-bond acceptors (Lipinski definition) is 4. The molecule has 0 rings (SSSR count). The van der Waals surface area contributed by atoms with Crippen molar-refractivity contribution in [3.05, 3.63) is 24.4 Å². The Balaban J connectivity index is 5.20. The van der Waals surface area contributed by atoms with Gasteiger partial charge < -0.3 is 13.6 Å². The highest BCUT2D eigenvalue weighted by molar-refractivity contribution is 9.73. The molecule has 0 heterocycles. The Hall–Kier alpha value is 1.86. The second kappa shape index (κ2) is 10.3. The van der Waals surface area contributed by atoms with Gasteiger partial charge in [-0.3, -0.25) is 0 Å². The third-order valence-corrected chi connectivity index (χ3v) is 25.6. The van der Waals surface area contributed by atoms with Gasteiger partial charge in [0.15, 0.2) is 4.51 Å². The molecule has 0 fully saturated rings. The topological polar surface area (TPSA) is 52.6 Å². The number of halogens is 6. The number of ether oxygens (including phenoxy) is 1. The average Bonchev–Trinajstić information content (AvgIpc) is 2.35. The van der Waals surface area contributed by atoms with Crippen molar-refractivity contribution in [3.8, 4) is 0 Å². The molecule has 23 heavy (non-hydrogen) atoms. The SMILES string of the molecule is C=CC(=O)OCCC(Br)(CC(Br)(Br)[Si](Br)(Br)Br)O[Si](=O)C(=C)C. The maximum absolute atomic E-state index is 12.1. The molecule has 0 aliphatic rings. The van der Waals surface area contributed by atoms with Gasteiger partial charge in [0.25, 0.3) is 3.93 Å². The number of rotatable bonds is 10. The summed E-state index contributed by atoms with van der Waals surface area (Å²) in [5, 5.41) is 0.455. The minimum atomic E-state index is -2.46. The Labute approximate surface area is 187 Å². The predicted molar refractivity (Wildman–Crippen MR) is 118 cm³/mol. The molecular formula is C11H14Br6O4Si2. The fourth-order valence-corrected chi connectivity index (χ4v) is 6.59. The maximum Gasteiger partial charge on any atom is 0.535 e. The Kier molecular flexibility index (Phi) is 11.1. The fourth-order valence-electron chi connectivity index (χ4n) is 1.22. The summed E-state index contributed by atoms with van der Waals surface area (Å²) in [5.74, 6) is -0.526. The fraction of sp³-hybridized carbons (Fsp3) is 0.545. The smallest absolute Gasteiger partial charge is 0.506 e. The van der Waals surface area contributed by atoms with Crippen molar-refractivity contribution < 1.29 is 18.4 Å². The lowest BCUT2D eigenvalue weighted by Crippen LogP contribution is -2.44. The number of carbonyl (C=O) groups excluding carboxylic acids is 1. The van der Waals surface area contributed by atoms with Crippen molar-refractivity contribution in [2.75, 3.05) is 6.61 Å². The third-order valence-electron chi connectivity index (χ3n) is 2.41. The van der Waals surface area contributed by atoms with Crippen LogP contribution < -0.4 is 0 Å². The van der Waals surface area contributed by atoms with Gasteiger partial charge >= 0.3 is 14.9 Å². The van der Waals surface area contributed by atoms with Gasteiger partial charge in [0, 0.05) is 24.1 Å². The second-order valence-corrected chi connectivity index (χ2v) is 35.0. The summed E-state index contributed by atoms with van der Waals surface area (Å²) in [7, 11) is -2.46. The van der Waals surface area contributed by atoms with Crippen LogP contribution in [0, 0.1) is 0 Å². The van der Waals surface area contributed by atoms with E-state index in [9.17, 15) is 9.26 Å². The van der Waals surface area contributed by atoms with Crippen molar-refractivity contribution in [2.45, 2.75) is 27.1 Å².